The van der Waals surface area contributed by atoms with Gasteiger partial charge in [0.05, 0.1) is 10.9 Å². The van der Waals surface area contributed by atoms with Gasteiger partial charge in [0.2, 0.25) is 0 Å². The van der Waals surface area contributed by atoms with Crippen LogP contribution in [0.1, 0.15) is 41.3 Å². The van der Waals surface area contributed by atoms with Crippen molar-refractivity contribution in [2.75, 3.05) is 0 Å². The molecule has 0 saturated carbocycles. The number of carbonyl (C=O) groups is 1. The summed E-state index contributed by atoms with van der Waals surface area (Å²) in [6, 6.07) is 7.50. The highest BCUT2D eigenvalue weighted by molar-refractivity contribution is 6.04. The number of hydrogen-bond acceptors (Lipinski definition) is 3. The Balaban J connectivity index is 1.93. The normalized spacial score (nSPS) is 11.8. The van der Waals surface area contributed by atoms with Crippen molar-refractivity contribution in [3.63, 3.8) is 0 Å². The van der Waals surface area contributed by atoms with Crippen LogP contribution in [0.4, 0.5) is 17.6 Å². The molecule has 4 nitrogen and oxygen atoms in total. The lowest BCUT2D eigenvalue weighted by Gasteiger charge is -2.22. The lowest BCUT2D eigenvalue weighted by atomic mass is 10.0. The molecule has 0 bridgehead atoms. The molecule has 0 aliphatic rings. The van der Waals surface area contributed by atoms with Crippen LogP contribution in [0.5, 0.6) is 11.5 Å². The molecule has 0 spiro atoms. The molecule has 2 N–H and O–H groups in total. The fourth-order valence-electron chi connectivity index (χ4n) is 3.76. The molecule has 184 valence electrons. The standard InChI is InChI=1S/C27H25F4NO3/c1-4-7-15-10-13-19(16(14-15)8-5-2)35-20(9-6-3)32-27(34)18-12-11-17-21(26(18)33)23(29)25(31)24(30)22(17)28/h4-5,10-14,20,33H,1-2,6-9H2,3H3,(H,32,34). The van der Waals surface area contributed by atoms with Gasteiger partial charge in [-0.05, 0) is 36.1 Å². The van der Waals surface area contributed by atoms with Gasteiger partial charge in [0, 0.05) is 11.8 Å². The second kappa shape index (κ2) is 11.1. The Labute approximate surface area is 200 Å². The van der Waals surface area contributed by atoms with Crippen molar-refractivity contribution in [3.8, 4) is 11.5 Å². The van der Waals surface area contributed by atoms with Crippen molar-refractivity contribution in [2.24, 2.45) is 0 Å². The Bertz CT molecular complexity index is 1290. The molecule has 35 heavy (non-hydrogen) atoms. The second-order valence-electron chi connectivity index (χ2n) is 7.94. The highest BCUT2D eigenvalue weighted by Gasteiger charge is 2.26. The highest BCUT2D eigenvalue weighted by atomic mass is 19.2. The highest BCUT2D eigenvalue weighted by Crippen LogP contribution is 2.35. The molecule has 0 fully saturated rings. The first-order valence-corrected chi connectivity index (χ1v) is 11.0. The van der Waals surface area contributed by atoms with Crippen molar-refractivity contribution in [1.29, 1.82) is 0 Å². The minimum Gasteiger partial charge on any atom is -0.506 e. The Morgan fingerprint density at radius 2 is 1.71 bits per heavy atom. The van der Waals surface area contributed by atoms with E-state index in [1.54, 1.807) is 18.2 Å². The Kier molecular flexibility index (Phi) is 8.17. The molecule has 3 aromatic rings. The molecular weight excluding hydrogens is 462 g/mol. The third kappa shape index (κ3) is 5.31. The average molecular weight is 487 g/mol. The number of carbonyl (C=O) groups excluding carboxylic acids is 1. The van der Waals surface area contributed by atoms with E-state index in [0.717, 1.165) is 23.3 Å². The van der Waals surface area contributed by atoms with Gasteiger partial charge < -0.3 is 15.2 Å². The first-order valence-electron chi connectivity index (χ1n) is 11.0. The van der Waals surface area contributed by atoms with Gasteiger partial charge >= 0.3 is 0 Å². The van der Waals surface area contributed by atoms with E-state index in [2.05, 4.69) is 18.5 Å². The first kappa shape index (κ1) is 25.8. The maximum absolute atomic E-state index is 14.3. The van der Waals surface area contributed by atoms with E-state index in [-0.39, 0.29) is 0 Å². The van der Waals surface area contributed by atoms with Crippen LogP contribution in [0.3, 0.4) is 0 Å². The van der Waals surface area contributed by atoms with E-state index >= 15 is 0 Å². The topological polar surface area (TPSA) is 58.6 Å². The molecule has 3 aromatic carbocycles. The van der Waals surface area contributed by atoms with Crippen LogP contribution in [0.2, 0.25) is 0 Å². The third-order valence-electron chi connectivity index (χ3n) is 5.44. The zero-order valence-corrected chi connectivity index (χ0v) is 19.1. The van der Waals surface area contributed by atoms with E-state index in [1.165, 1.54) is 0 Å². The average Bonchev–Trinajstić information content (AvgIpc) is 2.83. The van der Waals surface area contributed by atoms with E-state index in [0.29, 0.717) is 31.4 Å². The van der Waals surface area contributed by atoms with Crippen LogP contribution >= 0.6 is 0 Å². The van der Waals surface area contributed by atoms with Crippen LogP contribution in [0.15, 0.2) is 55.6 Å². The van der Waals surface area contributed by atoms with Gasteiger partial charge in [-0.25, -0.2) is 17.6 Å². The maximum Gasteiger partial charge on any atom is 0.257 e. The predicted octanol–water partition coefficient (Wildman–Crippen LogP) is 6.49. The van der Waals surface area contributed by atoms with Crippen LogP contribution < -0.4 is 10.1 Å². The zero-order valence-electron chi connectivity index (χ0n) is 19.1. The number of amides is 1. The summed E-state index contributed by atoms with van der Waals surface area (Å²) in [6.07, 6.45) is 4.88. The third-order valence-corrected chi connectivity index (χ3v) is 5.44. The number of ether oxygens (including phenoxy) is 1. The fourth-order valence-corrected chi connectivity index (χ4v) is 3.76. The van der Waals surface area contributed by atoms with E-state index in [1.807, 2.05) is 19.1 Å². The number of benzene rings is 3. The number of phenolic OH excluding ortho intramolecular Hbond substituents is 1. The molecule has 0 aliphatic heterocycles. The molecule has 0 saturated heterocycles. The Hall–Kier alpha value is -3.81. The second-order valence-corrected chi connectivity index (χ2v) is 7.94. The summed E-state index contributed by atoms with van der Waals surface area (Å²) in [6.45, 7) is 9.36. The van der Waals surface area contributed by atoms with Gasteiger partial charge in [0.1, 0.15) is 11.5 Å². The first-order chi connectivity index (χ1) is 16.7. The molecule has 1 amide bonds. The van der Waals surface area contributed by atoms with Gasteiger partial charge in [-0.1, -0.05) is 43.7 Å². The summed E-state index contributed by atoms with van der Waals surface area (Å²) in [5.74, 6) is -8.89. The summed E-state index contributed by atoms with van der Waals surface area (Å²) in [7, 11) is 0. The largest absolute Gasteiger partial charge is 0.506 e. The number of phenols is 1. The smallest absolute Gasteiger partial charge is 0.257 e. The van der Waals surface area contributed by atoms with E-state index in [9.17, 15) is 27.5 Å². The Morgan fingerprint density at radius 1 is 1.03 bits per heavy atom. The number of fused-ring (bicyclic) bond motifs is 1. The lowest BCUT2D eigenvalue weighted by molar-refractivity contribution is 0.0810. The van der Waals surface area contributed by atoms with Gasteiger partial charge in [-0.2, -0.15) is 0 Å². The molecule has 1 atom stereocenters. The Morgan fingerprint density at radius 3 is 2.37 bits per heavy atom. The quantitative estimate of drug-likeness (QED) is 0.113. The fraction of sp³-hybridized carbons (Fsp3) is 0.222. The van der Waals surface area contributed by atoms with Gasteiger partial charge in [-0.3, -0.25) is 4.79 Å². The van der Waals surface area contributed by atoms with Crippen LogP contribution in [0.25, 0.3) is 10.8 Å². The molecule has 3 rings (SSSR count). The molecule has 8 heteroatoms. The van der Waals surface area contributed by atoms with Crippen molar-refractivity contribution < 1.29 is 32.2 Å². The number of rotatable bonds is 10. The lowest BCUT2D eigenvalue weighted by Crippen LogP contribution is -2.39. The summed E-state index contributed by atoms with van der Waals surface area (Å²) in [5.41, 5.74) is 1.43. The molecule has 0 aromatic heterocycles. The predicted molar refractivity (Wildman–Crippen MR) is 126 cm³/mol. The zero-order chi connectivity index (χ0) is 25.7. The SMILES string of the molecule is C=CCc1ccc(OC(CCC)NC(=O)c2ccc3c(F)c(F)c(F)c(F)c3c2O)c(CC=C)c1. The monoisotopic (exact) mass is 487 g/mol. The van der Waals surface area contributed by atoms with Crippen LogP contribution in [-0.2, 0) is 12.8 Å². The van der Waals surface area contributed by atoms with Gasteiger partial charge in [0.15, 0.2) is 29.5 Å². The molecule has 0 aliphatic carbocycles. The van der Waals surface area contributed by atoms with Crippen molar-refractivity contribution in [2.45, 2.75) is 38.8 Å². The molecular formula is C27H25F4NO3. The number of aromatic hydroxyl groups is 1. The number of halogens is 4. The summed E-state index contributed by atoms with van der Waals surface area (Å²) in [4.78, 5) is 12.9. The summed E-state index contributed by atoms with van der Waals surface area (Å²) in [5, 5.41) is 11.4. The van der Waals surface area contributed by atoms with Gasteiger partial charge in [0.25, 0.3) is 5.91 Å². The van der Waals surface area contributed by atoms with Gasteiger partial charge in [-0.15, -0.1) is 13.2 Å². The molecule has 0 heterocycles. The van der Waals surface area contributed by atoms with E-state index < -0.39 is 57.5 Å². The number of hydrogen-bond donors (Lipinski definition) is 2. The minimum atomic E-state index is -2.08. The minimum absolute atomic E-state index is 0.394. The van der Waals surface area contributed by atoms with Crippen LogP contribution in [0, 0.1) is 23.3 Å². The van der Waals surface area contributed by atoms with Crippen molar-refractivity contribution >= 4 is 16.7 Å². The summed E-state index contributed by atoms with van der Waals surface area (Å²) < 4.78 is 61.7. The summed E-state index contributed by atoms with van der Waals surface area (Å²) >= 11 is 0. The number of nitrogens with one attached hydrogen (secondary N) is 1. The van der Waals surface area contributed by atoms with Crippen molar-refractivity contribution in [3.05, 3.63) is 95.6 Å². The van der Waals surface area contributed by atoms with E-state index in [4.69, 9.17) is 4.74 Å². The maximum atomic E-state index is 14.3. The van der Waals surface area contributed by atoms with Crippen LogP contribution in [-0.4, -0.2) is 17.2 Å². The van der Waals surface area contributed by atoms with Crippen molar-refractivity contribution in [1.82, 2.24) is 5.32 Å². The molecule has 1 unspecified atom stereocenters. The number of allylic oxidation sites excluding steroid dienone is 2. The molecule has 0 radical (unpaired) electrons.